The maximum absolute atomic E-state index is 13.9. The summed E-state index contributed by atoms with van der Waals surface area (Å²) in [7, 11) is 1.17. The fourth-order valence-corrected chi connectivity index (χ4v) is 4.87. The molecule has 9 N–H and O–H groups in total. The Hall–Kier alpha value is -3.87. The normalized spacial score (nSPS) is 31.2. The molecule has 0 bridgehead atoms. The molecule has 9 atom stereocenters. The molecule has 43 heavy (non-hydrogen) atoms. The Balaban J connectivity index is 1.65. The predicted molar refractivity (Wildman–Crippen MR) is 141 cm³/mol. The molecule has 2 fully saturated rings. The van der Waals surface area contributed by atoms with E-state index in [1.807, 2.05) is 0 Å². The van der Waals surface area contributed by atoms with Crippen molar-refractivity contribution < 1.29 is 74.1 Å². The average molecular weight is 611 g/mol. The van der Waals surface area contributed by atoms with Crippen molar-refractivity contribution >= 4 is 11.0 Å². The van der Waals surface area contributed by atoms with Gasteiger partial charge in [0.2, 0.25) is 23.2 Å². The zero-order valence-corrected chi connectivity index (χ0v) is 22.6. The van der Waals surface area contributed by atoms with Gasteiger partial charge in [0.1, 0.15) is 41.7 Å². The Kier molecular flexibility index (Phi) is 8.30. The minimum absolute atomic E-state index is 0.0424. The number of benzene rings is 2. The maximum atomic E-state index is 13.9. The molecule has 3 heterocycles. The average Bonchev–Trinajstić information content (AvgIpc) is 2.96. The number of methoxy groups -OCH3 is 1. The largest absolute Gasteiger partial charge is 0.507 e. The van der Waals surface area contributed by atoms with E-state index in [0.717, 1.165) is 18.2 Å². The third-order valence-electron chi connectivity index (χ3n) is 7.24. The van der Waals surface area contributed by atoms with Crippen LogP contribution in [0.5, 0.6) is 34.5 Å². The lowest BCUT2D eigenvalue weighted by atomic mass is 9.99. The summed E-state index contributed by atoms with van der Waals surface area (Å²) >= 11 is 0. The first-order valence-corrected chi connectivity index (χ1v) is 13.0. The van der Waals surface area contributed by atoms with Crippen LogP contribution < -0.4 is 14.9 Å². The molecule has 0 spiro atoms. The van der Waals surface area contributed by atoms with Crippen molar-refractivity contribution in [3.63, 3.8) is 0 Å². The lowest BCUT2D eigenvalue weighted by molar-refractivity contribution is -0.341. The number of fused-ring (bicyclic) bond motifs is 1. The molecule has 1 aromatic heterocycles. The second-order valence-electron chi connectivity index (χ2n) is 10.1. The Morgan fingerprint density at radius 2 is 1.53 bits per heavy atom. The van der Waals surface area contributed by atoms with Crippen LogP contribution in [0.25, 0.3) is 22.3 Å². The highest BCUT2D eigenvalue weighted by Crippen LogP contribution is 2.44. The first kappa shape index (κ1) is 30.6. The molecular weight excluding hydrogens is 580 g/mol. The summed E-state index contributed by atoms with van der Waals surface area (Å²) in [5.74, 6) is -3.82. The summed E-state index contributed by atoms with van der Waals surface area (Å²) < 4.78 is 33.5. The smallest absolute Gasteiger partial charge is 0.239 e. The van der Waals surface area contributed by atoms with Gasteiger partial charge in [0, 0.05) is 11.6 Å². The second-order valence-corrected chi connectivity index (χ2v) is 10.1. The molecule has 234 valence electrons. The van der Waals surface area contributed by atoms with E-state index >= 15 is 0 Å². The first-order chi connectivity index (χ1) is 20.3. The molecule has 0 amide bonds. The van der Waals surface area contributed by atoms with Gasteiger partial charge in [-0.25, -0.2) is 0 Å². The molecule has 0 aliphatic carbocycles. The van der Waals surface area contributed by atoms with E-state index in [0.29, 0.717) is 0 Å². The lowest BCUT2D eigenvalue weighted by Gasteiger charge is -2.44. The third kappa shape index (κ3) is 5.39. The van der Waals surface area contributed by atoms with Crippen LogP contribution in [-0.2, 0) is 14.2 Å². The quantitative estimate of drug-likeness (QED) is 0.151. The van der Waals surface area contributed by atoms with Gasteiger partial charge in [-0.3, -0.25) is 4.79 Å². The Morgan fingerprint density at radius 1 is 0.814 bits per heavy atom. The summed E-state index contributed by atoms with van der Waals surface area (Å²) in [5, 5.41) is 91.9. The minimum atomic E-state index is -1.80. The Labute approximate surface area is 241 Å². The summed E-state index contributed by atoms with van der Waals surface area (Å²) in [6.45, 7) is 0.932. The van der Waals surface area contributed by atoms with Crippen LogP contribution in [0.2, 0.25) is 0 Å². The molecule has 2 aliphatic rings. The third-order valence-corrected chi connectivity index (χ3v) is 7.24. The van der Waals surface area contributed by atoms with E-state index in [2.05, 4.69) is 0 Å². The second kappa shape index (κ2) is 11.7. The zero-order valence-electron chi connectivity index (χ0n) is 22.6. The fraction of sp³-hybridized carbons (Fsp3) is 0.444. The van der Waals surface area contributed by atoms with Crippen LogP contribution in [0.4, 0.5) is 0 Å². The summed E-state index contributed by atoms with van der Waals surface area (Å²) in [6.07, 6.45) is -14.4. The number of ether oxygens (including phenoxy) is 5. The van der Waals surface area contributed by atoms with Crippen LogP contribution in [0.3, 0.4) is 0 Å². The van der Waals surface area contributed by atoms with Crippen LogP contribution in [0.15, 0.2) is 33.5 Å². The molecule has 3 aromatic rings. The molecule has 0 unspecified atom stereocenters. The Bertz CT molecular complexity index is 1550. The molecule has 16 nitrogen and oxygen atoms in total. The number of phenols is 4. The SMILES string of the molecule is COc1c(O)cc(O)c2c(=O)c(O[C@@H]3O[C@@H](C)[C@H](O)[C@@H](O)[C@H]3O[C@@H]3OC[C@@H](O)[C@H](O)[C@H]3O)c(-c3ccc(O)c(O)c3)oc12. The molecule has 0 saturated carbocycles. The van der Waals surface area contributed by atoms with Gasteiger partial charge in [-0.1, -0.05) is 0 Å². The van der Waals surface area contributed by atoms with E-state index in [1.165, 1.54) is 20.1 Å². The van der Waals surface area contributed by atoms with Crippen molar-refractivity contribution in [3.8, 4) is 45.8 Å². The molecular formula is C27H30O16. The lowest BCUT2D eigenvalue weighted by Crippen LogP contribution is -2.62. The highest BCUT2D eigenvalue weighted by molar-refractivity contribution is 5.93. The highest BCUT2D eigenvalue weighted by Gasteiger charge is 2.49. The number of hydrogen-bond acceptors (Lipinski definition) is 16. The topological polar surface area (TPSA) is 258 Å². The van der Waals surface area contributed by atoms with Crippen molar-refractivity contribution in [1.29, 1.82) is 0 Å². The van der Waals surface area contributed by atoms with Crippen molar-refractivity contribution in [1.82, 2.24) is 0 Å². The summed E-state index contributed by atoms with van der Waals surface area (Å²) in [4.78, 5) is 13.9. The molecule has 2 aliphatic heterocycles. The monoisotopic (exact) mass is 610 g/mol. The predicted octanol–water partition coefficient (Wildman–Crippen LogP) is -1.04. The van der Waals surface area contributed by atoms with Crippen LogP contribution in [0.1, 0.15) is 6.92 Å². The number of aromatic hydroxyl groups is 4. The first-order valence-electron chi connectivity index (χ1n) is 13.0. The summed E-state index contributed by atoms with van der Waals surface area (Å²) in [6, 6.07) is 4.19. The van der Waals surface area contributed by atoms with Crippen molar-refractivity contribution in [2.24, 2.45) is 0 Å². The van der Waals surface area contributed by atoms with Gasteiger partial charge < -0.3 is 74.1 Å². The van der Waals surface area contributed by atoms with Crippen molar-refractivity contribution in [2.45, 2.75) is 62.2 Å². The van der Waals surface area contributed by atoms with Gasteiger partial charge in [-0.2, -0.15) is 0 Å². The van der Waals surface area contributed by atoms with Gasteiger partial charge in [0.25, 0.3) is 0 Å². The van der Waals surface area contributed by atoms with Crippen LogP contribution >= 0.6 is 0 Å². The number of aliphatic hydroxyl groups is 5. The van der Waals surface area contributed by atoms with Crippen LogP contribution in [-0.4, -0.2) is 115 Å². The van der Waals surface area contributed by atoms with Crippen molar-refractivity contribution in [2.75, 3.05) is 13.7 Å². The van der Waals surface area contributed by atoms with Gasteiger partial charge in [-0.05, 0) is 25.1 Å². The van der Waals surface area contributed by atoms with E-state index in [1.54, 1.807) is 0 Å². The van der Waals surface area contributed by atoms with Crippen molar-refractivity contribution in [3.05, 3.63) is 34.5 Å². The number of aliphatic hydroxyl groups excluding tert-OH is 5. The van der Waals surface area contributed by atoms with Crippen LogP contribution in [0, 0.1) is 0 Å². The van der Waals surface area contributed by atoms with E-state index in [-0.39, 0.29) is 11.3 Å². The molecule has 2 saturated heterocycles. The molecule has 16 heteroatoms. The molecule has 2 aromatic carbocycles. The van der Waals surface area contributed by atoms with Gasteiger partial charge in [0.15, 0.2) is 41.0 Å². The highest BCUT2D eigenvalue weighted by atomic mass is 16.8. The van der Waals surface area contributed by atoms with Gasteiger partial charge >= 0.3 is 0 Å². The fourth-order valence-electron chi connectivity index (χ4n) is 4.87. The number of rotatable bonds is 6. The molecule has 5 rings (SSSR count). The standard InChI is InChI=1S/C27H30O16/c1-8-16(33)19(36)25(43-26-20(37)17(34)14(32)7-39-26)27(40-8)42-24-18(35)15-12(30)6-13(31)22(38-2)23(15)41-21(24)9-3-4-10(28)11(29)5-9/h3-6,8,14,16-17,19-20,25-34,36-37H,7H2,1-2H3/t8-,14+,16-,17-,19+,20+,25+,26-,27-/m0/s1. The summed E-state index contributed by atoms with van der Waals surface area (Å²) in [5.41, 5.74) is -1.49. The molecule has 0 radical (unpaired) electrons. The van der Waals surface area contributed by atoms with E-state index in [4.69, 9.17) is 28.1 Å². The van der Waals surface area contributed by atoms with E-state index < -0.39 is 113 Å². The number of phenolic OH excluding ortho intramolecular Hbond substituents is 4. The maximum Gasteiger partial charge on any atom is 0.239 e. The number of hydrogen-bond donors (Lipinski definition) is 9. The zero-order chi connectivity index (χ0) is 31.3. The van der Waals surface area contributed by atoms with Gasteiger partial charge in [0.05, 0.1) is 19.8 Å². The Morgan fingerprint density at radius 3 is 2.21 bits per heavy atom. The van der Waals surface area contributed by atoms with Gasteiger partial charge in [-0.15, -0.1) is 0 Å². The van der Waals surface area contributed by atoms with E-state index in [9.17, 15) is 50.8 Å². The minimum Gasteiger partial charge on any atom is -0.507 e.